The first-order valence-electron chi connectivity index (χ1n) is 4.99. The summed E-state index contributed by atoms with van der Waals surface area (Å²) in [7, 11) is 0. The summed E-state index contributed by atoms with van der Waals surface area (Å²) < 4.78 is 10.9. The van der Waals surface area contributed by atoms with Crippen LogP contribution in [0, 0.1) is 0 Å². The summed E-state index contributed by atoms with van der Waals surface area (Å²) in [6.45, 7) is 7.71. The maximum Gasteiger partial charge on any atom is 0.222 e. The molecule has 1 aliphatic rings. The van der Waals surface area contributed by atoms with Crippen LogP contribution in [-0.2, 0) is 10.2 Å². The van der Waals surface area contributed by atoms with Crippen LogP contribution in [0.1, 0.15) is 44.9 Å². The van der Waals surface area contributed by atoms with Gasteiger partial charge in [-0.05, 0) is 6.42 Å². The number of hydrogen-bond donors (Lipinski definition) is 0. The monoisotopic (exact) mass is 196 g/mol. The second-order valence-corrected chi connectivity index (χ2v) is 4.76. The van der Waals surface area contributed by atoms with Crippen molar-refractivity contribution in [3.8, 4) is 0 Å². The van der Waals surface area contributed by atoms with Gasteiger partial charge in [-0.1, -0.05) is 20.8 Å². The van der Waals surface area contributed by atoms with E-state index >= 15 is 0 Å². The molecule has 1 unspecified atom stereocenters. The molecule has 0 saturated carbocycles. The van der Waals surface area contributed by atoms with Crippen LogP contribution in [0.4, 0.5) is 0 Å². The second kappa shape index (κ2) is 3.35. The quantitative estimate of drug-likeness (QED) is 0.688. The highest BCUT2D eigenvalue weighted by Crippen LogP contribution is 2.27. The van der Waals surface area contributed by atoms with Crippen LogP contribution >= 0.6 is 0 Å². The number of rotatable bonds is 1. The molecule has 1 atom stereocenters. The molecule has 0 amide bonds. The molecule has 1 aromatic heterocycles. The third-order valence-corrected chi connectivity index (χ3v) is 2.36. The fourth-order valence-corrected chi connectivity index (χ4v) is 1.43. The standard InChI is InChI=1S/C10H16N2O2/c1-10(2,3)9-12-11-8(14-9)7-4-5-13-6-7/h7H,4-6H2,1-3H3. The van der Waals surface area contributed by atoms with Crippen molar-refractivity contribution in [3.63, 3.8) is 0 Å². The van der Waals surface area contributed by atoms with Gasteiger partial charge in [0.2, 0.25) is 11.8 Å². The molecule has 1 fully saturated rings. The SMILES string of the molecule is CC(C)(C)c1nnc(C2CCOC2)o1. The van der Waals surface area contributed by atoms with E-state index in [1.165, 1.54) is 0 Å². The number of aromatic nitrogens is 2. The molecule has 0 aliphatic carbocycles. The molecule has 1 saturated heterocycles. The van der Waals surface area contributed by atoms with Crippen LogP contribution in [-0.4, -0.2) is 23.4 Å². The summed E-state index contributed by atoms with van der Waals surface area (Å²) in [5, 5.41) is 8.13. The van der Waals surface area contributed by atoms with Gasteiger partial charge in [0.15, 0.2) is 0 Å². The molecule has 2 heterocycles. The van der Waals surface area contributed by atoms with Crippen LogP contribution in [0.15, 0.2) is 4.42 Å². The summed E-state index contributed by atoms with van der Waals surface area (Å²) in [4.78, 5) is 0. The lowest BCUT2D eigenvalue weighted by atomic mass is 9.97. The van der Waals surface area contributed by atoms with E-state index in [9.17, 15) is 0 Å². The lowest BCUT2D eigenvalue weighted by molar-refractivity contribution is 0.190. The minimum Gasteiger partial charge on any atom is -0.424 e. The third kappa shape index (κ3) is 1.80. The van der Waals surface area contributed by atoms with Crippen LogP contribution < -0.4 is 0 Å². The van der Waals surface area contributed by atoms with Crippen molar-refractivity contribution < 1.29 is 9.15 Å². The Labute approximate surface area is 83.7 Å². The summed E-state index contributed by atoms with van der Waals surface area (Å²) in [6.07, 6.45) is 0.992. The maximum atomic E-state index is 5.63. The Kier molecular flexibility index (Phi) is 2.31. The highest BCUT2D eigenvalue weighted by Gasteiger charge is 2.27. The lowest BCUT2D eigenvalue weighted by Gasteiger charge is -2.11. The highest BCUT2D eigenvalue weighted by molar-refractivity contribution is 5.00. The van der Waals surface area contributed by atoms with Crippen molar-refractivity contribution >= 4 is 0 Å². The predicted octanol–water partition coefficient (Wildman–Crippen LogP) is 1.87. The van der Waals surface area contributed by atoms with Crippen LogP contribution in [0.3, 0.4) is 0 Å². The fraction of sp³-hybridized carbons (Fsp3) is 0.800. The van der Waals surface area contributed by atoms with E-state index in [0.717, 1.165) is 18.9 Å². The molecule has 0 bridgehead atoms. The molecular formula is C10H16N2O2. The first-order valence-corrected chi connectivity index (χ1v) is 4.99. The largest absolute Gasteiger partial charge is 0.424 e. The zero-order valence-corrected chi connectivity index (χ0v) is 8.91. The number of nitrogens with zero attached hydrogens (tertiary/aromatic N) is 2. The molecule has 4 heteroatoms. The average molecular weight is 196 g/mol. The third-order valence-electron chi connectivity index (χ3n) is 2.36. The summed E-state index contributed by atoms with van der Waals surface area (Å²) in [5.74, 6) is 1.74. The van der Waals surface area contributed by atoms with E-state index in [0.29, 0.717) is 18.4 Å². The Morgan fingerprint density at radius 3 is 2.57 bits per heavy atom. The zero-order chi connectivity index (χ0) is 10.2. The molecule has 4 nitrogen and oxygen atoms in total. The van der Waals surface area contributed by atoms with Gasteiger partial charge in [-0.2, -0.15) is 0 Å². The van der Waals surface area contributed by atoms with Crippen LogP contribution in [0.25, 0.3) is 0 Å². The van der Waals surface area contributed by atoms with Gasteiger partial charge in [-0.15, -0.1) is 10.2 Å². The van der Waals surface area contributed by atoms with Crippen molar-refractivity contribution in [1.82, 2.24) is 10.2 Å². The molecule has 0 radical (unpaired) electrons. The molecule has 0 aromatic carbocycles. The Morgan fingerprint density at radius 2 is 2.07 bits per heavy atom. The van der Waals surface area contributed by atoms with E-state index < -0.39 is 0 Å². The molecule has 1 aliphatic heterocycles. The molecular weight excluding hydrogens is 180 g/mol. The van der Waals surface area contributed by atoms with Crippen molar-refractivity contribution in [2.75, 3.05) is 13.2 Å². The summed E-state index contributed by atoms with van der Waals surface area (Å²) >= 11 is 0. The van der Waals surface area contributed by atoms with Gasteiger partial charge in [0.1, 0.15) is 0 Å². The van der Waals surface area contributed by atoms with Gasteiger partial charge in [-0.25, -0.2) is 0 Å². The molecule has 1 aromatic rings. The normalized spacial score (nSPS) is 22.9. The topological polar surface area (TPSA) is 48.2 Å². The van der Waals surface area contributed by atoms with Crippen molar-refractivity contribution in [3.05, 3.63) is 11.8 Å². The van der Waals surface area contributed by atoms with E-state index in [4.69, 9.17) is 9.15 Å². The summed E-state index contributed by atoms with van der Waals surface area (Å²) in [6, 6.07) is 0. The van der Waals surface area contributed by atoms with Crippen molar-refractivity contribution in [1.29, 1.82) is 0 Å². The van der Waals surface area contributed by atoms with Gasteiger partial charge in [0.05, 0.1) is 12.5 Å². The molecule has 14 heavy (non-hydrogen) atoms. The van der Waals surface area contributed by atoms with Gasteiger partial charge >= 0.3 is 0 Å². The second-order valence-electron chi connectivity index (χ2n) is 4.76. The van der Waals surface area contributed by atoms with Gasteiger partial charge in [-0.3, -0.25) is 0 Å². The Bertz CT molecular complexity index is 308. The minimum absolute atomic E-state index is 0.0648. The lowest BCUT2D eigenvalue weighted by Crippen LogP contribution is -2.11. The minimum atomic E-state index is -0.0648. The smallest absolute Gasteiger partial charge is 0.222 e. The van der Waals surface area contributed by atoms with Crippen LogP contribution in [0.5, 0.6) is 0 Å². The number of ether oxygens (including phenoxy) is 1. The Balaban J connectivity index is 2.17. The van der Waals surface area contributed by atoms with Crippen molar-refractivity contribution in [2.45, 2.75) is 38.5 Å². The van der Waals surface area contributed by atoms with E-state index in [1.807, 2.05) is 0 Å². The van der Waals surface area contributed by atoms with Crippen LogP contribution in [0.2, 0.25) is 0 Å². The molecule has 78 valence electrons. The first-order chi connectivity index (χ1) is 6.57. The van der Waals surface area contributed by atoms with Crippen molar-refractivity contribution in [2.24, 2.45) is 0 Å². The number of hydrogen-bond acceptors (Lipinski definition) is 4. The zero-order valence-electron chi connectivity index (χ0n) is 8.91. The van der Waals surface area contributed by atoms with E-state index in [-0.39, 0.29) is 5.41 Å². The molecule has 0 N–H and O–H groups in total. The Morgan fingerprint density at radius 1 is 1.29 bits per heavy atom. The van der Waals surface area contributed by atoms with Gasteiger partial charge < -0.3 is 9.15 Å². The maximum absolute atomic E-state index is 5.63. The van der Waals surface area contributed by atoms with Gasteiger partial charge in [0.25, 0.3) is 0 Å². The summed E-state index contributed by atoms with van der Waals surface area (Å²) in [5.41, 5.74) is -0.0648. The van der Waals surface area contributed by atoms with E-state index in [1.54, 1.807) is 0 Å². The fourth-order valence-electron chi connectivity index (χ4n) is 1.43. The molecule has 2 rings (SSSR count). The Hall–Kier alpha value is -0.900. The predicted molar refractivity (Wildman–Crippen MR) is 51.2 cm³/mol. The first kappa shape index (κ1) is 9.65. The van der Waals surface area contributed by atoms with E-state index in [2.05, 4.69) is 31.0 Å². The average Bonchev–Trinajstić information content (AvgIpc) is 2.73. The van der Waals surface area contributed by atoms with Gasteiger partial charge in [0, 0.05) is 12.0 Å². The highest BCUT2D eigenvalue weighted by atomic mass is 16.5. The molecule has 0 spiro atoms.